The molecule has 0 aromatic carbocycles. The quantitative estimate of drug-likeness (QED) is 0.940. The van der Waals surface area contributed by atoms with Gasteiger partial charge in [-0.25, -0.2) is 9.97 Å². The molecular formula is C12H14BrN3O. The third kappa shape index (κ3) is 3.06. The van der Waals surface area contributed by atoms with Gasteiger partial charge in [0.1, 0.15) is 11.6 Å². The molecule has 2 aromatic heterocycles. The van der Waals surface area contributed by atoms with E-state index in [0.29, 0.717) is 12.4 Å². The zero-order valence-corrected chi connectivity index (χ0v) is 11.4. The van der Waals surface area contributed by atoms with Crippen molar-refractivity contribution in [1.82, 2.24) is 9.97 Å². The van der Waals surface area contributed by atoms with Gasteiger partial charge in [0.2, 0.25) is 5.89 Å². The van der Waals surface area contributed by atoms with Crippen LogP contribution in [0.3, 0.4) is 0 Å². The SMILES string of the molecule is CCc1cnc(CNc2ncc(C)cc2Br)o1. The van der Waals surface area contributed by atoms with E-state index in [-0.39, 0.29) is 0 Å². The molecule has 2 heterocycles. The third-order valence-electron chi connectivity index (χ3n) is 2.33. The minimum absolute atomic E-state index is 0.536. The van der Waals surface area contributed by atoms with Crippen molar-refractivity contribution in [1.29, 1.82) is 0 Å². The Kier molecular flexibility index (Phi) is 3.78. The predicted octanol–water partition coefficient (Wildman–Crippen LogP) is 3.32. The Labute approximate surface area is 109 Å². The lowest BCUT2D eigenvalue weighted by molar-refractivity contribution is 0.465. The average molecular weight is 296 g/mol. The molecule has 4 nitrogen and oxygen atoms in total. The summed E-state index contributed by atoms with van der Waals surface area (Å²) in [5, 5.41) is 3.18. The third-order valence-corrected chi connectivity index (χ3v) is 2.94. The summed E-state index contributed by atoms with van der Waals surface area (Å²) >= 11 is 3.46. The van der Waals surface area contributed by atoms with Crippen LogP contribution in [0.15, 0.2) is 27.3 Å². The molecule has 17 heavy (non-hydrogen) atoms. The molecule has 0 spiro atoms. The smallest absolute Gasteiger partial charge is 0.213 e. The van der Waals surface area contributed by atoms with Crippen LogP contribution in [0.1, 0.15) is 24.1 Å². The molecule has 0 saturated carbocycles. The predicted molar refractivity (Wildman–Crippen MR) is 69.9 cm³/mol. The van der Waals surface area contributed by atoms with Gasteiger partial charge >= 0.3 is 0 Å². The standard InChI is InChI=1S/C12H14BrN3O/c1-3-9-6-14-11(17-9)7-16-12-10(13)4-8(2)5-15-12/h4-6H,3,7H2,1-2H3,(H,15,16). The molecule has 0 saturated heterocycles. The van der Waals surface area contributed by atoms with E-state index in [1.807, 2.05) is 26.1 Å². The molecule has 2 aromatic rings. The van der Waals surface area contributed by atoms with E-state index in [4.69, 9.17) is 4.42 Å². The van der Waals surface area contributed by atoms with Crippen molar-refractivity contribution in [3.8, 4) is 0 Å². The van der Waals surface area contributed by atoms with Gasteiger partial charge in [0.05, 0.1) is 17.2 Å². The van der Waals surface area contributed by atoms with Gasteiger partial charge in [0, 0.05) is 12.6 Å². The normalized spacial score (nSPS) is 10.5. The number of pyridine rings is 1. The van der Waals surface area contributed by atoms with Crippen LogP contribution >= 0.6 is 15.9 Å². The second-order valence-electron chi connectivity index (χ2n) is 3.77. The topological polar surface area (TPSA) is 51.0 Å². The Bertz CT molecular complexity index is 510. The van der Waals surface area contributed by atoms with Gasteiger partial charge in [-0.15, -0.1) is 0 Å². The van der Waals surface area contributed by atoms with Crippen molar-refractivity contribution in [2.24, 2.45) is 0 Å². The van der Waals surface area contributed by atoms with Crippen LogP contribution in [0, 0.1) is 6.92 Å². The van der Waals surface area contributed by atoms with E-state index < -0.39 is 0 Å². The van der Waals surface area contributed by atoms with Crippen molar-refractivity contribution < 1.29 is 4.42 Å². The Morgan fingerprint density at radius 2 is 2.18 bits per heavy atom. The summed E-state index contributed by atoms with van der Waals surface area (Å²) in [6, 6.07) is 2.02. The van der Waals surface area contributed by atoms with Crippen LogP contribution in [-0.2, 0) is 13.0 Å². The van der Waals surface area contributed by atoms with Gasteiger partial charge in [-0.05, 0) is 34.5 Å². The summed E-state index contributed by atoms with van der Waals surface area (Å²) < 4.78 is 6.45. The lowest BCUT2D eigenvalue weighted by atomic mass is 10.3. The largest absolute Gasteiger partial charge is 0.444 e. The molecule has 5 heteroatoms. The molecule has 0 aliphatic carbocycles. The Hall–Kier alpha value is -1.36. The van der Waals surface area contributed by atoms with E-state index >= 15 is 0 Å². The summed E-state index contributed by atoms with van der Waals surface area (Å²) in [7, 11) is 0. The summed E-state index contributed by atoms with van der Waals surface area (Å²) in [6.07, 6.45) is 4.44. The number of oxazole rings is 1. The second-order valence-corrected chi connectivity index (χ2v) is 4.62. The number of aromatic nitrogens is 2. The molecule has 1 N–H and O–H groups in total. The van der Waals surface area contributed by atoms with Crippen LogP contribution in [0.2, 0.25) is 0 Å². The van der Waals surface area contributed by atoms with Crippen molar-refractivity contribution in [2.45, 2.75) is 26.8 Å². The fraction of sp³-hybridized carbons (Fsp3) is 0.333. The molecule has 0 aliphatic rings. The van der Waals surface area contributed by atoms with Crippen molar-refractivity contribution in [2.75, 3.05) is 5.32 Å². The zero-order valence-electron chi connectivity index (χ0n) is 9.83. The molecule has 0 unspecified atom stereocenters. The van der Waals surface area contributed by atoms with Crippen LogP contribution in [0.4, 0.5) is 5.82 Å². The fourth-order valence-electron chi connectivity index (χ4n) is 1.42. The Morgan fingerprint density at radius 1 is 1.35 bits per heavy atom. The number of rotatable bonds is 4. The first-order chi connectivity index (χ1) is 8.19. The highest BCUT2D eigenvalue weighted by molar-refractivity contribution is 9.10. The average Bonchev–Trinajstić information content (AvgIpc) is 2.76. The number of nitrogens with one attached hydrogen (secondary N) is 1. The molecule has 90 valence electrons. The Balaban J connectivity index is 2.02. The fourth-order valence-corrected chi connectivity index (χ4v) is 2.02. The first-order valence-electron chi connectivity index (χ1n) is 5.48. The van der Waals surface area contributed by atoms with Gasteiger partial charge < -0.3 is 9.73 Å². The highest BCUT2D eigenvalue weighted by Gasteiger charge is 2.05. The van der Waals surface area contributed by atoms with E-state index in [1.165, 1.54) is 0 Å². The number of nitrogens with zero attached hydrogens (tertiary/aromatic N) is 2. The van der Waals surface area contributed by atoms with Crippen molar-refractivity contribution >= 4 is 21.7 Å². The molecule has 0 radical (unpaired) electrons. The number of anilines is 1. The minimum atomic E-state index is 0.536. The molecular weight excluding hydrogens is 282 g/mol. The van der Waals surface area contributed by atoms with Gasteiger partial charge in [-0.3, -0.25) is 0 Å². The molecule has 0 atom stereocenters. The van der Waals surface area contributed by atoms with E-state index in [2.05, 4.69) is 31.2 Å². The first-order valence-corrected chi connectivity index (χ1v) is 6.28. The van der Waals surface area contributed by atoms with Gasteiger partial charge in [0.15, 0.2) is 0 Å². The van der Waals surface area contributed by atoms with Crippen LogP contribution in [0.5, 0.6) is 0 Å². The van der Waals surface area contributed by atoms with E-state index in [9.17, 15) is 0 Å². The summed E-state index contributed by atoms with van der Waals surface area (Å²) in [4.78, 5) is 8.47. The maximum Gasteiger partial charge on any atom is 0.213 e. The number of aryl methyl sites for hydroxylation is 2. The number of hydrogen-bond donors (Lipinski definition) is 1. The van der Waals surface area contributed by atoms with Gasteiger partial charge in [-0.2, -0.15) is 0 Å². The first kappa shape index (κ1) is 12.1. The van der Waals surface area contributed by atoms with Crippen LogP contribution in [-0.4, -0.2) is 9.97 Å². The summed E-state index contributed by atoms with van der Waals surface area (Å²) in [5.74, 6) is 2.38. The molecule has 2 rings (SSSR count). The van der Waals surface area contributed by atoms with Crippen molar-refractivity contribution in [3.63, 3.8) is 0 Å². The van der Waals surface area contributed by atoms with Crippen molar-refractivity contribution in [3.05, 3.63) is 40.1 Å². The second kappa shape index (κ2) is 5.31. The van der Waals surface area contributed by atoms with Crippen LogP contribution in [0.25, 0.3) is 0 Å². The minimum Gasteiger partial charge on any atom is -0.444 e. The van der Waals surface area contributed by atoms with E-state index in [1.54, 1.807) is 6.20 Å². The maximum absolute atomic E-state index is 5.50. The summed E-state index contributed by atoms with van der Waals surface area (Å²) in [5.41, 5.74) is 1.12. The zero-order chi connectivity index (χ0) is 12.3. The monoisotopic (exact) mass is 295 g/mol. The summed E-state index contributed by atoms with van der Waals surface area (Å²) in [6.45, 7) is 4.58. The van der Waals surface area contributed by atoms with Gasteiger partial charge in [-0.1, -0.05) is 6.92 Å². The highest BCUT2D eigenvalue weighted by atomic mass is 79.9. The number of halogens is 1. The molecule has 0 fully saturated rings. The lowest BCUT2D eigenvalue weighted by Crippen LogP contribution is -2.02. The highest BCUT2D eigenvalue weighted by Crippen LogP contribution is 2.21. The molecule has 0 bridgehead atoms. The lowest BCUT2D eigenvalue weighted by Gasteiger charge is -2.05. The molecule has 0 amide bonds. The van der Waals surface area contributed by atoms with Gasteiger partial charge in [0.25, 0.3) is 0 Å². The maximum atomic E-state index is 5.50. The number of hydrogen-bond acceptors (Lipinski definition) is 4. The Morgan fingerprint density at radius 3 is 2.82 bits per heavy atom. The van der Waals surface area contributed by atoms with Crippen LogP contribution < -0.4 is 5.32 Å². The molecule has 0 aliphatic heterocycles. The van der Waals surface area contributed by atoms with E-state index in [0.717, 1.165) is 28.0 Å².